The summed E-state index contributed by atoms with van der Waals surface area (Å²) in [6.07, 6.45) is -1.14. The number of anilines is 2. The Morgan fingerprint density at radius 2 is 1.73 bits per heavy atom. The molecule has 30 heavy (non-hydrogen) atoms. The van der Waals surface area contributed by atoms with E-state index in [1.54, 1.807) is 12.1 Å². The molecule has 3 rings (SSSR count). The summed E-state index contributed by atoms with van der Waals surface area (Å²) < 4.78 is 39.8. The van der Waals surface area contributed by atoms with Gasteiger partial charge in [0.1, 0.15) is 11.3 Å². The van der Waals surface area contributed by atoms with Crippen LogP contribution in [0.1, 0.15) is 17.3 Å². The van der Waals surface area contributed by atoms with Crippen molar-refractivity contribution in [1.82, 2.24) is 0 Å². The highest BCUT2D eigenvalue weighted by molar-refractivity contribution is 5.98. The Hall–Kier alpha value is -3.20. The number of amides is 1. The first-order chi connectivity index (χ1) is 14.4. The van der Waals surface area contributed by atoms with Crippen LogP contribution < -0.4 is 15.0 Å². The quantitative estimate of drug-likeness (QED) is 0.693. The van der Waals surface area contributed by atoms with Crippen LogP contribution in [-0.2, 0) is 14.3 Å². The lowest BCUT2D eigenvalue weighted by Crippen LogP contribution is -2.36. The van der Waals surface area contributed by atoms with E-state index in [2.05, 4.69) is 15.0 Å². The summed E-state index contributed by atoms with van der Waals surface area (Å²) in [4.78, 5) is 26.8. The normalized spacial score (nSPS) is 14.9. The van der Waals surface area contributed by atoms with Crippen molar-refractivity contribution in [1.29, 1.82) is 0 Å². The van der Waals surface area contributed by atoms with Crippen LogP contribution >= 0.6 is 0 Å². The molecule has 1 amide bonds. The van der Waals surface area contributed by atoms with Crippen LogP contribution in [0.2, 0.25) is 0 Å². The number of carbonyl (C=O) groups is 2. The minimum Gasteiger partial charge on any atom is -0.449 e. The zero-order valence-electron chi connectivity index (χ0n) is 16.3. The summed E-state index contributed by atoms with van der Waals surface area (Å²) in [7, 11) is 0. The highest BCUT2D eigenvalue weighted by atomic mass is 19.3. The van der Waals surface area contributed by atoms with Crippen LogP contribution in [0.3, 0.4) is 0 Å². The second-order valence-electron chi connectivity index (χ2n) is 6.56. The largest absolute Gasteiger partial charge is 0.449 e. The number of para-hydroxylation sites is 1. The van der Waals surface area contributed by atoms with Crippen molar-refractivity contribution in [3.8, 4) is 5.75 Å². The van der Waals surface area contributed by atoms with Gasteiger partial charge in [-0.25, -0.2) is 4.79 Å². The summed E-state index contributed by atoms with van der Waals surface area (Å²) in [5, 5.41) is 2.66. The van der Waals surface area contributed by atoms with Gasteiger partial charge >= 0.3 is 12.6 Å². The molecule has 0 aliphatic carbocycles. The molecule has 1 fully saturated rings. The van der Waals surface area contributed by atoms with E-state index in [0.29, 0.717) is 18.9 Å². The van der Waals surface area contributed by atoms with Gasteiger partial charge in [-0.05, 0) is 43.3 Å². The molecule has 2 aromatic rings. The predicted octanol–water partition coefficient (Wildman–Crippen LogP) is 3.31. The van der Waals surface area contributed by atoms with Crippen LogP contribution in [0.5, 0.6) is 5.75 Å². The number of alkyl halides is 2. The van der Waals surface area contributed by atoms with Gasteiger partial charge < -0.3 is 24.4 Å². The van der Waals surface area contributed by atoms with E-state index in [4.69, 9.17) is 9.47 Å². The van der Waals surface area contributed by atoms with Gasteiger partial charge in [0, 0.05) is 24.5 Å². The van der Waals surface area contributed by atoms with Crippen molar-refractivity contribution in [3.63, 3.8) is 0 Å². The van der Waals surface area contributed by atoms with E-state index in [9.17, 15) is 18.4 Å². The number of ether oxygens (including phenoxy) is 3. The molecule has 1 aliphatic rings. The number of halogens is 2. The molecule has 0 bridgehead atoms. The molecule has 0 aromatic heterocycles. The number of carbonyl (C=O) groups excluding carboxylic acids is 2. The SMILES string of the molecule is C[C@@H](OC(=O)c1ccccc1OC(F)F)C(=O)Nc1ccc(N2CCOCC2)cc1. The Bertz CT molecular complexity index is 870. The fourth-order valence-corrected chi connectivity index (χ4v) is 2.93. The maximum Gasteiger partial charge on any atom is 0.387 e. The third-order valence-corrected chi connectivity index (χ3v) is 4.49. The predicted molar refractivity (Wildman–Crippen MR) is 106 cm³/mol. The molecule has 1 heterocycles. The van der Waals surface area contributed by atoms with E-state index in [-0.39, 0.29) is 11.3 Å². The number of nitrogens with one attached hydrogen (secondary N) is 1. The van der Waals surface area contributed by atoms with Crippen molar-refractivity contribution in [2.45, 2.75) is 19.6 Å². The minimum atomic E-state index is -3.08. The van der Waals surface area contributed by atoms with Gasteiger partial charge in [0.05, 0.1) is 13.2 Å². The van der Waals surface area contributed by atoms with E-state index < -0.39 is 24.6 Å². The first kappa shape index (κ1) is 21.5. The zero-order valence-corrected chi connectivity index (χ0v) is 16.3. The molecule has 0 unspecified atom stereocenters. The Morgan fingerprint density at radius 1 is 1.07 bits per heavy atom. The maximum absolute atomic E-state index is 12.5. The fourth-order valence-electron chi connectivity index (χ4n) is 2.93. The summed E-state index contributed by atoms with van der Waals surface area (Å²) >= 11 is 0. The lowest BCUT2D eigenvalue weighted by molar-refractivity contribution is -0.123. The fraction of sp³-hybridized carbons (Fsp3) is 0.333. The summed E-state index contributed by atoms with van der Waals surface area (Å²) in [5.74, 6) is -1.80. The molecule has 1 N–H and O–H groups in total. The Labute approximate surface area is 172 Å². The zero-order chi connectivity index (χ0) is 21.5. The molecular formula is C21H22F2N2O5. The monoisotopic (exact) mass is 420 g/mol. The molecular weight excluding hydrogens is 398 g/mol. The molecule has 0 spiro atoms. The van der Waals surface area contributed by atoms with Crippen LogP contribution in [0, 0.1) is 0 Å². The number of nitrogens with zero attached hydrogens (tertiary/aromatic N) is 1. The third kappa shape index (κ3) is 5.66. The first-order valence-electron chi connectivity index (χ1n) is 9.42. The van der Waals surface area contributed by atoms with Gasteiger partial charge in [-0.1, -0.05) is 12.1 Å². The highest BCUT2D eigenvalue weighted by Crippen LogP contribution is 2.22. The second-order valence-corrected chi connectivity index (χ2v) is 6.56. The molecule has 0 radical (unpaired) electrons. The smallest absolute Gasteiger partial charge is 0.387 e. The van der Waals surface area contributed by atoms with E-state index in [1.807, 2.05) is 12.1 Å². The average molecular weight is 420 g/mol. The number of hydrogen-bond acceptors (Lipinski definition) is 6. The summed E-state index contributed by atoms with van der Waals surface area (Å²) in [6, 6.07) is 12.7. The van der Waals surface area contributed by atoms with Crippen molar-refractivity contribution in [2.75, 3.05) is 36.5 Å². The molecule has 1 saturated heterocycles. The summed E-state index contributed by atoms with van der Waals surface area (Å²) in [6.45, 7) is 1.26. The molecule has 2 aromatic carbocycles. The minimum absolute atomic E-state index is 0.188. The van der Waals surface area contributed by atoms with Gasteiger partial charge in [0.15, 0.2) is 6.10 Å². The Kier molecular flexibility index (Phi) is 7.18. The number of benzene rings is 2. The van der Waals surface area contributed by atoms with Crippen LogP contribution in [0.15, 0.2) is 48.5 Å². The van der Waals surface area contributed by atoms with E-state index in [0.717, 1.165) is 18.8 Å². The Morgan fingerprint density at radius 3 is 2.40 bits per heavy atom. The molecule has 9 heteroatoms. The van der Waals surface area contributed by atoms with E-state index >= 15 is 0 Å². The van der Waals surface area contributed by atoms with Gasteiger partial charge in [-0.3, -0.25) is 4.79 Å². The molecule has 0 saturated carbocycles. The van der Waals surface area contributed by atoms with Crippen molar-refractivity contribution in [3.05, 3.63) is 54.1 Å². The van der Waals surface area contributed by atoms with Gasteiger partial charge in [-0.2, -0.15) is 8.78 Å². The standard InChI is InChI=1S/C21H22F2N2O5/c1-14(29-20(27)17-4-2-3-5-18(17)30-21(22)23)19(26)24-15-6-8-16(9-7-15)25-10-12-28-13-11-25/h2-9,14,21H,10-13H2,1H3,(H,24,26)/t14-/m1/s1. The van der Waals surface area contributed by atoms with Gasteiger partial charge in [-0.15, -0.1) is 0 Å². The van der Waals surface area contributed by atoms with Gasteiger partial charge in [0.25, 0.3) is 5.91 Å². The van der Waals surface area contributed by atoms with Crippen molar-refractivity contribution < 1.29 is 32.6 Å². The third-order valence-electron chi connectivity index (χ3n) is 4.49. The highest BCUT2D eigenvalue weighted by Gasteiger charge is 2.22. The van der Waals surface area contributed by atoms with Gasteiger partial charge in [0.2, 0.25) is 0 Å². The summed E-state index contributed by atoms with van der Waals surface area (Å²) in [5.41, 5.74) is 1.38. The Balaban J connectivity index is 1.57. The van der Waals surface area contributed by atoms with Crippen molar-refractivity contribution in [2.24, 2.45) is 0 Å². The number of esters is 1. The average Bonchev–Trinajstić information content (AvgIpc) is 2.74. The van der Waals surface area contributed by atoms with Crippen LogP contribution in [-0.4, -0.2) is 50.9 Å². The number of morpholine rings is 1. The number of hydrogen-bond donors (Lipinski definition) is 1. The van der Waals surface area contributed by atoms with E-state index in [1.165, 1.54) is 31.2 Å². The second kappa shape index (κ2) is 10.0. The number of rotatable bonds is 7. The van der Waals surface area contributed by atoms with Crippen molar-refractivity contribution >= 4 is 23.3 Å². The molecule has 1 atom stereocenters. The van der Waals surface area contributed by atoms with Crippen LogP contribution in [0.4, 0.5) is 20.2 Å². The topological polar surface area (TPSA) is 77.1 Å². The first-order valence-corrected chi connectivity index (χ1v) is 9.42. The van der Waals surface area contributed by atoms with Crippen LogP contribution in [0.25, 0.3) is 0 Å². The molecule has 1 aliphatic heterocycles. The molecule has 160 valence electrons. The maximum atomic E-state index is 12.5. The lowest BCUT2D eigenvalue weighted by atomic mass is 10.2. The molecule has 7 nitrogen and oxygen atoms in total. The lowest BCUT2D eigenvalue weighted by Gasteiger charge is -2.28.